The van der Waals surface area contributed by atoms with Crippen molar-refractivity contribution in [3.63, 3.8) is 0 Å². The summed E-state index contributed by atoms with van der Waals surface area (Å²) in [5.41, 5.74) is 1.32. The van der Waals surface area contributed by atoms with E-state index in [1.807, 2.05) is 14.0 Å². The van der Waals surface area contributed by atoms with Crippen LogP contribution in [0.1, 0.15) is 5.56 Å². The lowest BCUT2D eigenvalue weighted by Crippen LogP contribution is -2.54. The molecule has 1 saturated heterocycles. The van der Waals surface area contributed by atoms with Gasteiger partial charge < -0.3 is 19.9 Å². The number of urea groups is 1. The molecule has 1 aliphatic rings. The largest absolute Gasteiger partial charge is 0.497 e. The van der Waals surface area contributed by atoms with Crippen molar-refractivity contribution >= 4 is 27.6 Å². The van der Waals surface area contributed by atoms with Crippen LogP contribution in [-0.2, 0) is 14.8 Å². The Labute approximate surface area is 188 Å². The van der Waals surface area contributed by atoms with Crippen molar-refractivity contribution < 1.29 is 22.7 Å². The van der Waals surface area contributed by atoms with Crippen LogP contribution >= 0.6 is 0 Å². The number of carbonyl (C=O) groups is 2. The van der Waals surface area contributed by atoms with Gasteiger partial charge in [0.2, 0.25) is 5.91 Å². The number of hydrogen-bond acceptors (Lipinski definition) is 6. The van der Waals surface area contributed by atoms with Gasteiger partial charge in [-0.3, -0.25) is 4.79 Å². The van der Waals surface area contributed by atoms with Crippen molar-refractivity contribution in [2.24, 2.45) is 0 Å². The van der Waals surface area contributed by atoms with Crippen LogP contribution in [0.5, 0.6) is 5.75 Å². The first-order chi connectivity index (χ1) is 15.2. The third kappa shape index (κ3) is 5.57. The second-order valence-electron chi connectivity index (χ2n) is 7.68. The normalized spacial score (nSPS) is 14.7. The van der Waals surface area contributed by atoms with Crippen molar-refractivity contribution in [3.8, 4) is 5.75 Å². The molecule has 9 nitrogen and oxygen atoms in total. The summed E-state index contributed by atoms with van der Waals surface area (Å²) >= 11 is 0. The Kier molecular flexibility index (Phi) is 7.37. The number of carbonyl (C=O) groups excluding carboxylic acids is 2. The molecule has 32 heavy (non-hydrogen) atoms. The van der Waals surface area contributed by atoms with Gasteiger partial charge in [0, 0.05) is 37.9 Å². The third-order valence-corrected chi connectivity index (χ3v) is 6.97. The number of nitrogens with one attached hydrogen (secondary N) is 1. The number of amides is 3. The predicted octanol–water partition coefficient (Wildman–Crippen LogP) is 2.00. The maximum absolute atomic E-state index is 13.3. The minimum absolute atomic E-state index is 0.0419. The van der Waals surface area contributed by atoms with Gasteiger partial charge in [-0.25, -0.2) is 17.5 Å². The molecule has 0 spiro atoms. The zero-order valence-electron chi connectivity index (χ0n) is 18.4. The summed E-state index contributed by atoms with van der Waals surface area (Å²) in [7, 11) is -0.797. The van der Waals surface area contributed by atoms with E-state index in [9.17, 15) is 18.0 Å². The molecule has 0 bridgehead atoms. The molecule has 1 fully saturated rings. The molecule has 0 unspecified atom stereocenters. The topological polar surface area (TPSA) is 99.3 Å². The van der Waals surface area contributed by atoms with E-state index in [-0.39, 0.29) is 4.90 Å². The van der Waals surface area contributed by atoms with Crippen LogP contribution in [-0.4, -0.2) is 81.3 Å². The first-order valence-corrected chi connectivity index (χ1v) is 11.7. The van der Waals surface area contributed by atoms with Gasteiger partial charge in [-0.15, -0.1) is 0 Å². The van der Waals surface area contributed by atoms with Gasteiger partial charge in [-0.05, 0) is 38.2 Å². The van der Waals surface area contributed by atoms with Gasteiger partial charge in [0.05, 0.1) is 12.0 Å². The van der Waals surface area contributed by atoms with Gasteiger partial charge in [0.15, 0.2) is 0 Å². The zero-order chi connectivity index (χ0) is 23.3. The minimum Gasteiger partial charge on any atom is -0.497 e. The molecule has 0 aliphatic carbocycles. The first kappa shape index (κ1) is 23.6. The number of hydrogen-bond donors (Lipinski definition) is 1. The van der Waals surface area contributed by atoms with Crippen molar-refractivity contribution in [2.45, 2.75) is 11.8 Å². The molecule has 1 heterocycles. The number of rotatable bonds is 6. The van der Waals surface area contributed by atoms with Crippen LogP contribution in [0.4, 0.5) is 10.5 Å². The molecule has 2 aromatic carbocycles. The van der Waals surface area contributed by atoms with E-state index < -0.39 is 28.5 Å². The highest BCUT2D eigenvalue weighted by atomic mass is 32.2. The standard InChI is InChI=1S/C22H28N4O5S/c1-17-7-9-20(10-8-17)32(29,30)26(22(28)25-13-11-24(2)12-14-25)16-21(27)23-18-5-4-6-19(15-18)31-3/h4-10,15H,11-14,16H2,1-3H3,(H,23,27). The molecule has 2 aromatic rings. The highest BCUT2D eigenvalue weighted by Crippen LogP contribution is 2.20. The van der Waals surface area contributed by atoms with Crippen LogP contribution in [0, 0.1) is 6.92 Å². The molecule has 0 radical (unpaired) electrons. The Bertz CT molecular complexity index is 1060. The van der Waals surface area contributed by atoms with Gasteiger partial charge in [-0.2, -0.15) is 0 Å². The van der Waals surface area contributed by atoms with Crippen molar-refractivity contribution in [1.29, 1.82) is 0 Å². The molecule has 0 saturated carbocycles. The van der Waals surface area contributed by atoms with Gasteiger partial charge in [-0.1, -0.05) is 23.8 Å². The molecule has 3 amide bonds. The smallest absolute Gasteiger partial charge is 0.334 e. The summed E-state index contributed by atoms with van der Waals surface area (Å²) in [5.74, 6) is -0.0862. The van der Waals surface area contributed by atoms with Gasteiger partial charge in [0.25, 0.3) is 10.0 Å². The second-order valence-corrected chi connectivity index (χ2v) is 9.54. The molecular weight excluding hydrogens is 432 g/mol. The van der Waals surface area contributed by atoms with Crippen LogP contribution in [0.2, 0.25) is 0 Å². The fourth-order valence-electron chi connectivity index (χ4n) is 3.28. The summed E-state index contributed by atoms with van der Waals surface area (Å²) in [6, 6.07) is 12.2. The summed E-state index contributed by atoms with van der Waals surface area (Å²) in [5, 5.41) is 2.64. The van der Waals surface area contributed by atoms with E-state index >= 15 is 0 Å². The summed E-state index contributed by atoms with van der Waals surface area (Å²) in [6.07, 6.45) is 0. The fourth-order valence-corrected chi connectivity index (χ4v) is 4.62. The van der Waals surface area contributed by atoms with E-state index in [1.54, 1.807) is 36.4 Å². The van der Waals surface area contributed by atoms with Crippen LogP contribution in [0.25, 0.3) is 0 Å². The number of methoxy groups -OCH3 is 1. The van der Waals surface area contributed by atoms with E-state index in [0.717, 1.165) is 5.56 Å². The quantitative estimate of drug-likeness (QED) is 0.708. The summed E-state index contributed by atoms with van der Waals surface area (Å²) in [6.45, 7) is 3.21. The fraction of sp³-hybridized carbons (Fsp3) is 0.364. The maximum atomic E-state index is 13.3. The van der Waals surface area contributed by atoms with Gasteiger partial charge >= 0.3 is 6.03 Å². The Morgan fingerprint density at radius 2 is 1.72 bits per heavy atom. The lowest BCUT2D eigenvalue weighted by atomic mass is 10.2. The number of ether oxygens (including phenoxy) is 1. The number of sulfonamides is 1. The predicted molar refractivity (Wildman–Crippen MR) is 121 cm³/mol. The average Bonchev–Trinajstić information content (AvgIpc) is 2.78. The van der Waals surface area contributed by atoms with Crippen molar-refractivity contribution in [1.82, 2.24) is 14.1 Å². The molecule has 1 aliphatic heterocycles. The summed E-state index contributed by atoms with van der Waals surface area (Å²) in [4.78, 5) is 29.5. The number of benzene rings is 2. The molecule has 1 N–H and O–H groups in total. The molecular formula is C22H28N4O5S. The van der Waals surface area contributed by atoms with Gasteiger partial charge in [0.1, 0.15) is 12.3 Å². The highest BCUT2D eigenvalue weighted by molar-refractivity contribution is 7.89. The second kappa shape index (κ2) is 10.0. The number of nitrogens with zero attached hydrogens (tertiary/aromatic N) is 3. The van der Waals surface area contributed by atoms with E-state index in [0.29, 0.717) is 41.9 Å². The van der Waals surface area contributed by atoms with Crippen molar-refractivity contribution in [3.05, 3.63) is 54.1 Å². The van der Waals surface area contributed by atoms with E-state index in [4.69, 9.17) is 4.74 Å². The molecule has 0 atom stereocenters. The summed E-state index contributed by atoms with van der Waals surface area (Å²) < 4.78 is 32.5. The Morgan fingerprint density at radius 1 is 1.06 bits per heavy atom. The Balaban J connectivity index is 1.86. The van der Waals surface area contributed by atoms with Crippen molar-refractivity contribution in [2.75, 3.05) is 52.2 Å². The number of aryl methyl sites for hydroxylation is 1. The third-order valence-electron chi connectivity index (χ3n) is 5.24. The zero-order valence-corrected chi connectivity index (χ0v) is 19.3. The number of likely N-dealkylation sites (N-methyl/N-ethyl adjacent to an activating group) is 1. The number of piperazine rings is 1. The molecule has 0 aromatic heterocycles. The molecule has 172 valence electrons. The Morgan fingerprint density at radius 3 is 2.34 bits per heavy atom. The highest BCUT2D eigenvalue weighted by Gasteiger charge is 2.35. The Hall–Kier alpha value is -3.11. The monoisotopic (exact) mass is 460 g/mol. The number of anilines is 1. The lowest BCUT2D eigenvalue weighted by molar-refractivity contribution is -0.116. The average molecular weight is 461 g/mol. The minimum atomic E-state index is -4.24. The van der Waals surface area contributed by atoms with Crippen LogP contribution < -0.4 is 10.1 Å². The first-order valence-electron chi connectivity index (χ1n) is 10.2. The van der Waals surface area contributed by atoms with E-state index in [1.165, 1.54) is 24.1 Å². The molecule has 3 rings (SSSR count). The lowest BCUT2D eigenvalue weighted by Gasteiger charge is -2.35. The van der Waals surface area contributed by atoms with Crippen LogP contribution in [0.15, 0.2) is 53.4 Å². The molecule has 10 heteroatoms. The van der Waals surface area contributed by atoms with E-state index in [2.05, 4.69) is 10.2 Å². The van der Waals surface area contributed by atoms with Crippen LogP contribution in [0.3, 0.4) is 0 Å². The maximum Gasteiger partial charge on any atom is 0.334 e. The SMILES string of the molecule is COc1cccc(NC(=O)CN(C(=O)N2CCN(C)CC2)S(=O)(=O)c2ccc(C)cc2)c1.